The monoisotopic (exact) mass is 318 g/mol. The van der Waals surface area contributed by atoms with E-state index >= 15 is 0 Å². The van der Waals surface area contributed by atoms with E-state index in [1.807, 2.05) is 0 Å². The number of halogens is 1. The summed E-state index contributed by atoms with van der Waals surface area (Å²) >= 11 is 0. The summed E-state index contributed by atoms with van der Waals surface area (Å²) in [6.45, 7) is 3.22. The Morgan fingerprint density at radius 2 is 2.20 bits per heavy atom. The van der Waals surface area contributed by atoms with E-state index in [1.54, 1.807) is 19.1 Å². The Hall–Kier alpha value is -0.950. The average molecular weight is 319 g/mol. The normalized spacial score (nSPS) is 18.6. The van der Waals surface area contributed by atoms with Gasteiger partial charge in [0.2, 0.25) is 10.0 Å². The molecule has 0 aliphatic carbocycles. The number of carbonyl (C=O) groups excluding carboxylic acids is 1. The molecule has 2 rings (SSSR count). The third kappa shape index (κ3) is 4.02. The molecular formula is C13H19ClN2O3S. The number of carbonyl (C=O) groups is 1. The number of sulfonamides is 1. The zero-order chi connectivity index (χ0) is 13.9. The molecule has 0 amide bonds. The standard InChI is InChI=1S/C13H18N2O3S.ClH/c1-2-13(16)10-4-3-5-12(8-10)19(17,18)15-11-6-7-14-9-11;/h3-5,8,11,14-15H,2,6-7,9H2,1H3;1H. The molecule has 20 heavy (non-hydrogen) atoms. The lowest BCUT2D eigenvalue weighted by Crippen LogP contribution is -2.36. The van der Waals surface area contributed by atoms with Gasteiger partial charge in [0.05, 0.1) is 4.90 Å². The molecule has 7 heteroatoms. The third-order valence-corrected chi connectivity index (χ3v) is 4.69. The highest BCUT2D eigenvalue weighted by atomic mass is 35.5. The van der Waals surface area contributed by atoms with Crippen LogP contribution in [-0.4, -0.2) is 33.3 Å². The fourth-order valence-electron chi connectivity index (χ4n) is 2.08. The molecule has 5 nitrogen and oxygen atoms in total. The summed E-state index contributed by atoms with van der Waals surface area (Å²) in [6.07, 6.45) is 1.15. The largest absolute Gasteiger partial charge is 0.315 e. The first-order chi connectivity index (χ1) is 9.03. The Labute approximate surface area is 125 Å². The summed E-state index contributed by atoms with van der Waals surface area (Å²) in [5.74, 6) is -0.0559. The van der Waals surface area contributed by atoms with Crippen LogP contribution in [0.15, 0.2) is 29.2 Å². The average Bonchev–Trinajstić information content (AvgIpc) is 2.90. The van der Waals surface area contributed by atoms with E-state index in [2.05, 4.69) is 10.0 Å². The van der Waals surface area contributed by atoms with Gasteiger partial charge in [-0.3, -0.25) is 4.79 Å². The zero-order valence-corrected chi connectivity index (χ0v) is 12.9. The highest BCUT2D eigenvalue weighted by Crippen LogP contribution is 2.14. The number of ketones is 1. The van der Waals surface area contributed by atoms with Crippen LogP contribution < -0.4 is 10.0 Å². The van der Waals surface area contributed by atoms with E-state index in [1.165, 1.54) is 12.1 Å². The minimum absolute atomic E-state index is 0. The fourth-order valence-corrected chi connectivity index (χ4v) is 3.40. The Morgan fingerprint density at radius 3 is 2.80 bits per heavy atom. The number of benzene rings is 1. The lowest BCUT2D eigenvalue weighted by Gasteiger charge is -2.12. The molecule has 2 N–H and O–H groups in total. The van der Waals surface area contributed by atoms with Gasteiger partial charge in [-0.25, -0.2) is 13.1 Å². The fraction of sp³-hybridized carbons (Fsp3) is 0.462. The Kier molecular flexibility index (Phi) is 6.13. The number of nitrogens with one attached hydrogen (secondary N) is 2. The Bertz CT molecular complexity index is 569. The molecule has 1 aromatic carbocycles. The van der Waals surface area contributed by atoms with Gasteiger partial charge < -0.3 is 5.32 Å². The quantitative estimate of drug-likeness (QED) is 0.803. The molecule has 0 aromatic heterocycles. The molecule has 112 valence electrons. The molecule has 0 radical (unpaired) electrons. The van der Waals surface area contributed by atoms with Crippen LogP contribution in [-0.2, 0) is 10.0 Å². The molecular weight excluding hydrogens is 300 g/mol. The topological polar surface area (TPSA) is 75.3 Å². The number of rotatable bonds is 5. The third-order valence-electron chi connectivity index (χ3n) is 3.17. The number of hydrogen-bond acceptors (Lipinski definition) is 4. The summed E-state index contributed by atoms with van der Waals surface area (Å²) in [7, 11) is -3.55. The van der Waals surface area contributed by atoms with Gasteiger partial charge >= 0.3 is 0 Å². The predicted octanol–water partition coefficient (Wildman–Crippen LogP) is 1.34. The summed E-state index contributed by atoms with van der Waals surface area (Å²) in [4.78, 5) is 11.8. The maximum atomic E-state index is 12.2. The van der Waals surface area contributed by atoms with Crippen LogP contribution in [0.25, 0.3) is 0 Å². The van der Waals surface area contributed by atoms with Crippen molar-refractivity contribution >= 4 is 28.2 Å². The Morgan fingerprint density at radius 1 is 1.45 bits per heavy atom. The summed E-state index contributed by atoms with van der Waals surface area (Å²) in [5, 5.41) is 3.10. The first kappa shape index (κ1) is 17.1. The van der Waals surface area contributed by atoms with Crippen LogP contribution >= 0.6 is 12.4 Å². The van der Waals surface area contributed by atoms with Crippen molar-refractivity contribution in [3.63, 3.8) is 0 Å². The van der Waals surface area contributed by atoms with Gasteiger partial charge in [-0.05, 0) is 25.1 Å². The van der Waals surface area contributed by atoms with Gasteiger partial charge in [0.15, 0.2) is 5.78 Å². The highest BCUT2D eigenvalue weighted by molar-refractivity contribution is 7.89. The lowest BCUT2D eigenvalue weighted by atomic mass is 10.1. The zero-order valence-electron chi connectivity index (χ0n) is 11.3. The molecule has 0 saturated carbocycles. The predicted molar refractivity (Wildman–Crippen MR) is 79.9 cm³/mol. The van der Waals surface area contributed by atoms with Crippen molar-refractivity contribution in [2.24, 2.45) is 0 Å². The second-order valence-electron chi connectivity index (χ2n) is 4.62. The number of hydrogen-bond donors (Lipinski definition) is 2. The molecule has 1 unspecified atom stereocenters. The van der Waals surface area contributed by atoms with Crippen molar-refractivity contribution in [1.82, 2.24) is 10.0 Å². The molecule has 0 spiro atoms. The lowest BCUT2D eigenvalue weighted by molar-refractivity contribution is 0.0988. The van der Waals surface area contributed by atoms with E-state index in [9.17, 15) is 13.2 Å². The minimum Gasteiger partial charge on any atom is -0.315 e. The van der Waals surface area contributed by atoms with Crippen LogP contribution in [0.1, 0.15) is 30.1 Å². The molecule has 1 heterocycles. The van der Waals surface area contributed by atoms with Gasteiger partial charge in [-0.15, -0.1) is 12.4 Å². The van der Waals surface area contributed by atoms with Gasteiger partial charge in [-0.1, -0.05) is 19.1 Å². The molecule has 1 atom stereocenters. The summed E-state index contributed by atoms with van der Waals surface area (Å²) in [6, 6.07) is 6.12. The van der Waals surface area contributed by atoms with Gasteiger partial charge in [0.25, 0.3) is 0 Å². The van der Waals surface area contributed by atoms with Crippen LogP contribution in [0.3, 0.4) is 0 Å². The first-order valence-corrected chi connectivity index (χ1v) is 7.87. The van der Waals surface area contributed by atoms with Crippen molar-refractivity contribution in [1.29, 1.82) is 0 Å². The van der Waals surface area contributed by atoms with Crippen LogP contribution in [0.4, 0.5) is 0 Å². The van der Waals surface area contributed by atoms with Crippen LogP contribution in [0, 0.1) is 0 Å². The second-order valence-corrected chi connectivity index (χ2v) is 6.33. The van der Waals surface area contributed by atoms with E-state index in [4.69, 9.17) is 0 Å². The second kappa shape index (κ2) is 7.17. The molecule has 0 bridgehead atoms. The summed E-state index contributed by atoms with van der Waals surface area (Å²) < 4.78 is 27.1. The van der Waals surface area contributed by atoms with Gasteiger partial charge in [0.1, 0.15) is 0 Å². The molecule has 1 aliphatic heterocycles. The van der Waals surface area contributed by atoms with Crippen LogP contribution in [0.5, 0.6) is 0 Å². The van der Waals surface area contributed by atoms with Crippen molar-refractivity contribution < 1.29 is 13.2 Å². The van der Waals surface area contributed by atoms with E-state index in [0.29, 0.717) is 18.5 Å². The van der Waals surface area contributed by atoms with Crippen molar-refractivity contribution in [3.8, 4) is 0 Å². The van der Waals surface area contributed by atoms with Crippen molar-refractivity contribution in [2.75, 3.05) is 13.1 Å². The SMILES string of the molecule is CCC(=O)c1cccc(S(=O)(=O)NC2CCNC2)c1.Cl. The van der Waals surface area contributed by atoms with E-state index in [0.717, 1.165) is 13.0 Å². The summed E-state index contributed by atoms with van der Waals surface area (Å²) in [5.41, 5.74) is 0.440. The highest BCUT2D eigenvalue weighted by Gasteiger charge is 2.23. The van der Waals surface area contributed by atoms with E-state index in [-0.39, 0.29) is 29.1 Å². The maximum absolute atomic E-state index is 12.2. The molecule has 1 aromatic rings. The van der Waals surface area contributed by atoms with Crippen molar-refractivity contribution in [3.05, 3.63) is 29.8 Å². The number of Topliss-reactive ketones (excluding diaryl/α,β-unsaturated/α-hetero) is 1. The smallest absolute Gasteiger partial charge is 0.240 e. The van der Waals surface area contributed by atoms with Gasteiger partial charge in [0, 0.05) is 24.6 Å². The molecule has 1 saturated heterocycles. The molecule has 1 aliphatic rings. The van der Waals surface area contributed by atoms with Gasteiger partial charge in [-0.2, -0.15) is 0 Å². The first-order valence-electron chi connectivity index (χ1n) is 6.39. The Balaban J connectivity index is 0.00000200. The minimum atomic E-state index is -3.55. The van der Waals surface area contributed by atoms with E-state index < -0.39 is 10.0 Å². The maximum Gasteiger partial charge on any atom is 0.240 e. The van der Waals surface area contributed by atoms with Crippen LogP contribution in [0.2, 0.25) is 0 Å². The van der Waals surface area contributed by atoms with Crippen molar-refractivity contribution in [2.45, 2.75) is 30.7 Å². The molecule has 1 fully saturated rings.